The average molecular weight is 330 g/mol. The van der Waals surface area contributed by atoms with Crippen molar-refractivity contribution in [3.8, 4) is 5.75 Å². The van der Waals surface area contributed by atoms with Gasteiger partial charge in [-0.25, -0.2) is 0 Å². The largest absolute Gasteiger partial charge is 0.481 e. The predicted molar refractivity (Wildman–Crippen MR) is 91.8 cm³/mol. The molecule has 2 aromatic carbocycles. The number of fused-ring (bicyclic) bond motifs is 1. The Balaban J connectivity index is 1.68. The van der Waals surface area contributed by atoms with Gasteiger partial charge < -0.3 is 9.64 Å². The Labute approximate surface area is 141 Å². The molecule has 1 aliphatic heterocycles. The average Bonchev–Trinajstić information content (AvgIpc) is 2.56. The molecule has 0 saturated carbocycles. The first-order chi connectivity index (χ1) is 11.0. The third-order valence-electron chi connectivity index (χ3n) is 4.23. The number of hydrogen-bond acceptors (Lipinski definition) is 2. The number of benzene rings is 2. The minimum absolute atomic E-state index is 0.0221. The lowest BCUT2D eigenvalue weighted by atomic mass is 9.99. The van der Waals surface area contributed by atoms with Crippen LogP contribution in [0.15, 0.2) is 42.5 Å². The zero-order chi connectivity index (χ0) is 16.4. The van der Waals surface area contributed by atoms with Crippen molar-refractivity contribution in [2.24, 2.45) is 0 Å². The molecule has 0 aliphatic carbocycles. The Hall–Kier alpha value is -2.00. The van der Waals surface area contributed by atoms with E-state index in [0.717, 1.165) is 18.5 Å². The van der Waals surface area contributed by atoms with Crippen molar-refractivity contribution in [2.45, 2.75) is 32.9 Å². The standard InChI is InChI=1S/C19H20ClNO2/c1-13-11-17(20)7-8-18(13)23-14(2)19(22)21-10-9-15-5-3-4-6-16(15)12-21/h3-8,11,14H,9-10,12H2,1-2H3. The van der Waals surface area contributed by atoms with Gasteiger partial charge in [0, 0.05) is 18.1 Å². The number of aryl methyl sites for hydroxylation is 1. The van der Waals surface area contributed by atoms with Crippen molar-refractivity contribution in [3.05, 3.63) is 64.2 Å². The first-order valence-corrected chi connectivity index (χ1v) is 8.21. The molecule has 3 nitrogen and oxygen atoms in total. The van der Waals surface area contributed by atoms with E-state index in [2.05, 4.69) is 12.1 Å². The Morgan fingerprint density at radius 1 is 1.22 bits per heavy atom. The minimum Gasteiger partial charge on any atom is -0.481 e. The highest BCUT2D eigenvalue weighted by atomic mass is 35.5. The summed E-state index contributed by atoms with van der Waals surface area (Å²) in [4.78, 5) is 14.5. The van der Waals surface area contributed by atoms with Crippen LogP contribution in [0.4, 0.5) is 0 Å². The lowest BCUT2D eigenvalue weighted by Gasteiger charge is -2.31. The molecule has 1 amide bonds. The second-order valence-corrected chi connectivity index (χ2v) is 6.38. The predicted octanol–water partition coefficient (Wildman–Crippen LogP) is 4.00. The van der Waals surface area contributed by atoms with Crippen LogP contribution < -0.4 is 4.74 Å². The van der Waals surface area contributed by atoms with Gasteiger partial charge in [0.2, 0.25) is 0 Å². The van der Waals surface area contributed by atoms with Crippen LogP contribution in [0.5, 0.6) is 5.75 Å². The second-order valence-electron chi connectivity index (χ2n) is 5.95. The molecule has 2 aromatic rings. The highest BCUT2D eigenvalue weighted by Gasteiger charge is 2.25. The van der Waals surface area contributed by atoms with E-state index in [-0.39, 0.29) is 5.91 Å². The summed E-state index contributed by atoms with van der Waals surface area (Å²) in [6.45, 7) is 5.12. The molecule has 0 fully saturated rings. The number of nitrogens with zero attached hydrogens (tertiary/aromatic N) is 1. The Bertz CT molecular complexity index is 729. The van der Waals surface area contributed by atoms with Crippen LogP contribution in [-0.4, -0.2) is 23.5 Å². The summed E-state index contributed by atoms with van der Waals surface area (Å²) in [5, 5.41) is 0.668. The quantitative estimate of drug-likeness (QED) is 0.851. The minimum atomic E-state index is -0.514. The molecule has 0 aromatic heterocycles. The third-order valence-corrected chi connectivity index (χ3v) is 4.47. The van der Waals surface area contributed by atoms with E-state index in [9.17, 15) is 4.79 Å². The number of carbonyl (C=O) groups is 1. The summed E-state index contributed by atoms with van der Waals surface area (Å²) < 4.78 is 5.85. The number of ether oxygens (including phenoxy) is 1. The third kappa shape index (κ3) is 3.50. The molecule has 1 aliphatic rings. The summed E-state index contributed by atoms with van der Waals surface area (Å²) >= 11 is 5.95. The highest BCUT2D eigenvalue weighted by Crippen LogP contribution is 2.24. The van der Waals surface area contributed by atoms with Gasteiger partial charge in [0.25, 0.3) is 5.91 Å². The Kier molecular flexibility index (Phi) is 4.58. The zero-order valence-electron chi connectivity index (χ0n) is 13.4. The maximum atomic E-state index is 12.7. The smallest absolute Gasteiger partial charge is 0.263 e. The molecule has 0 radical (unpaired) electrons. The van der Waals surface area contributed by atoms with Crippen LogP contribution in [0.3, 0.4) is 0 Å². The number of rotatable bonds is 3. The molecule has 1 heterocycles. The van der Waals surface area contributed by atoms with Crippen LogP contribution >= 0.6 is 11.6 Å². The Morgan fingerprint density at radius 2 is 1.96 bits per heavy atom. The van der Waals surface area contributed by atoms with Gasteiger partial charge in [0.05, 0.1) is 0 Å². The number of halogens is 1. The fourth-order valence-electron chi connectivity index (χ4n) is 2.93. The first kappa shape index (κ1) is 15.9. The molecule has 23 heavy (non-hydrogen) atoms. The van der Waals surface area contributed by atoms with Gasteiger partial charge in [-0.15, -0.1) is 0 Å². The molecule has 0 bridgehead atoms. The number of carbonyl (C=O) groups excluding carboxylic acids is 1. The van der Waals surface area contributed by atoms with E-state index in [4.69, 9.17) is 16.3 Å². The lowest BCUT2D eigenvalue weighted by Crippen LogP contribution is -2.43. The second kappa shape index (κ2) is 6.63. The first-order valence-electron chi connectivity index (χ1n) is 7.83. The monoisotopic (exact) mass is 329 g/mol. The molecule has 1 atom stereocenters. The van der Waals surface area contributed by atoms with Crippen molar-refractivity contribution in [1.82, 2.24) is 4.90 Å². The van der Waals surface area contributed by atoms with Gasteiger partial charge in [0.15, 0.2) is 6.10 Å². The zero-order valence-corrected chi connectivity index (χ0v) is 14.1. The fourth-order valence-corrected chi connectivity index (χ4v) is 3.15. The number of hydrogen-bond donors (Lipinski definition) is 0. The van der Waals surface area contributed by atoms with E-state index in [1.165, 1.54) is 11.1 Å². The van der Waals surface area contributed by atoms with Gasteiger partial charge in [-0.3, -0.25) is 4.79 Å². The van der Waals surface area contributed by atoms with E-state index >= 15 is 0 Å². The van der Waals surface area contributed by atoms with E-state index in [1.807, 2.05) is 36.1 Å². The van der Waals surface area contributed by atoms with Crippen molar-refractivity contribution in [1.29, 1.82) is 0 Å². The summed E-state index contributed by atoms with van der Waals surface area (Å²) in [6, 6.07) is 13.7. The molecule has 4 heteroatoms. The molecule has 3 rings (SSSR count). The lowest BCUT2D eigenvalue weighted by molar-refractivity contribution is -0.138. The fraction of sp³-hybridized carbons (Fsp3) is 0.316. The van der Waals surface area contributed by atoms with Gasteiger partial charge in [-0.05, 0) is 55.2 Å². The maximum Gasteiger partial charge on any atom is 0.263 e. The molecule has 120 valence electrons. The summed E-state index contributed by atoms with van der Waals surface area (Å²) in [5.74, 6) is 0.724. The van der Waals surface area contributed by atoms with Crippen molar-refractivity contribution >= 4 is 17.5 Å². The molecule has 1 unspecified atom stereocenters. The Morgan fingerprint density at radius 3 is 2.70 bits per heavy atom. The summed E-state index contributed by atoms with van der Waals surface area (Å²) in [7, 11) is 0. The van der Waals surface area contributed by atoms with Gasteiger partial charge in [0.1, 0.15) is 5.75 Å². The molecule has 0 saturated heterocycles. The molecule has 0 spiro atoms. The van der Waals surface area contributed by atoms with E-state index in [0.29, 0.717) is 17.3 Å². The van der Waals surface area contributed by atoms with E-state index < -0.39 is 6.10 Å². The number of amides is 1. The van der Waals surface area contributed by atoms with Crippen LogP contribution in [0.25, 0.3) is 0 Å². The molecular formula is C19H20ClNO2. The SMILES string of the molecule is Cc1cc(Cl)ccc1OC(C)C(=O)N1CCc2ccccc2C1. The molecule has 0 N–H and O–H groups in total. The van der Waals surface area contributed by atoms with Crippen LogP contribution in [0.2, 0.25) is 5.02 Å². The van der Waals surface area contributed by atoms with Crippen molar-refractivity contribution < 1.29 is 9.53 Å². The summed E-state index contributed by atoms with van der Waals surface area (Å²) in [5.41, 5.74) is 3.49. The van der Waals surface area contributed by atoms with Gasteiger partial charge in [-0.1, -0.05) is 35.9 Å². The van der Waals surface area contributed by atoms with Crippen LogP contribution in [0, 0.1) is 6.92 Å². The van der Waals surface area contributed by atoms with E-state index in [1.54, 1.807) is 13.0 Å². The summed E-state index contributed by atoms with van der Waals surface area (Å²) in [6.07, 6.45) is 0.384. The normalized spacial score (nSPS) is 15.0. The van der Waals surface area contributed by atoms with Crippen LogP contribution in [0.1, 0.15) is 23.6 Å². The highest BCUT2D eigenvalue weighted by molar-refractivity contribution is 6.30. The van der Waals surface area contributed by atoms with Gasteiger partial charge >= 0.3 is 0 Å². The van der Waals surface area contributed by atoms with Crippen molar-refractivity contribution in [2.75, 3.05) is 6.54 Å². The maximum absolute atomic E-state index is 12.7. The molecular weight excluding hydrogens is 310 g/mol. The topological polar surface area (TPSA) is 29.5 Å². The van der Waals surface area contributed by atoms with Crippen LogP contribution in [-0.2, 0) is 17.8 Å². The van der Waals surface area contributed by atoms with Crippen molar-refractivity contribution in [3.63, 3.8) is 0 Å². The van der Waals surface area contributed by atoms with Gasteiger partial charge in [-0.2, -0.15) is 0 Å².